The van der Waals surface area contributed by atoms with Gasteiger partial charge in [-0.1, -0.05) is 47.5 Å². The van der Waals surface area contributed by atoms with Gasteiger partial charge in [0, 0.05) is 10.9 Å². The number of hydrogen-bond donors (Lipinski definition) is 2. The van der Waals surface area contributed by atoms with Crippen molar-refractivity contribution in [3.8, 4) is 11.3 Å². The fourth-order valence-electron chi connectivity index (χ4n) is 2.43. The van der Waals surface area contributed by atoms with Crippen molar-refractivity contribution in [2.24, 2.45) is 0 Å². The second-order valence-corrected chi connectivity index (χ2v) is 5.54. The summed E-state index contributed by atoms with van der Waals surface area (Å²) in [5, 5.41) is 11.0. The highest BCUT2D eigenvalue weighted by molar-refractivity contribution is 6.42. The Bertz CT molecular complexity index is 839. The maximum Gasteiger partial charge on any atom is 0.307 e. The van der Waals surface area contributed by atoms with E-state index in [-0.39, 0.29) is 6.42 Å². The second-order valence-electron chi connectivity index (χ2n) is 4.72. The summed E-state index contributed by atoms with van der Waals surface area (Å²) in [7, 11) is 0. The molecule has 0 bridgehead atoms. The van der Waals surface area contributed by atoms with Gasteiger partial charge < -0.3 is 10.1 Å². The first-order valence-electron chi connectivity index (χ1n) is 6.33. The molecule has 3 aromatic rings. The molecule has 0 atom stereocenters. The number of para-hydroxylation sites is 1. The van der Waals surface area contributed by atoms with Gasteiger partial charge in [-0.15, -0.1) is 0 Å². The van der Waals surface area contributed by atoms with Gasteiger partial charge in [0.15, 0.2) is 0 Å². The highest BCUT2D eigenvalue weighted by atomic mass is 35.5. The minimum absolute atomic E-state index is 0.0560. The number of carbonyl (C=O) groups is 1. The third-order valence-corrected chi connectivity index (χ3v) is 4.09. The zero-order valence-electron chi connectivity index (χ0n) is 10.9. The van der Waals surface area contributed by atoms with Crippen molar-refractivity contribution in [2.45, 2.75) is 6.42 Å². The fraction of sp³-hybridized carbons (Fsp3) is 0.0625. The van der Waals surface area contributed by atoms with Gasteiger partial charge in [-0.05, 0) is 29.3 Å². The van der Waals surface area contributed by atoms with Crippen LogP contribution in [0.5, 0.6) is 0 Å². The van der Waals surface area contributed by atoms with E-state index in [1.807, 2.05) is 30.3 Å². The van der Waals surface area contributed by atoms with Gasteiger partial charge in [0.05, 0.1) is 22.2 Å². The molecule has 1 heterocycles. The smallest absolute Gasteiger partial charge is 0.307 e. The number of aromatic nitrogens is 1. The molecule has 0 aliphatic carbocycles. The predicted molar refractivity (Wildman–Crippen MR) is 85.1 cm³/mol. The monoisotopic (exact) mass is 319 g/mol. The number of aromatic amines is 1. The molecule has 0 unspecified atom stereocenters. The number of nitrogens with one attached hydrogen (secondary N) is 1. The molecule has 0 saturated heterocycles. The van der Waals surface area contributed by atoms with Crippen molar-refractivity contribution in [2.75, 3.05) is 0 Å². The molecular formula is C16H11Cl2NO2. The van der Waals surface area contributed by atoms with Crippen LogP contribution in [0.25, 0.3) is 22.2 Å². The van der Waals surface area contributed by atoms with E-state index < -0.39 is 5.97 Å². The van der Waals surface area contributed by atoms with Crippen LogP contribution < -0.4 is 0 Å². The van der Waals surface area contributed by atoms with Gasteiger partial charge in [0.25, 0.3) is 0 Å². The third kappa shape index (κ3) is 2.62. The molecule has 0 aliphatic rings. The first kappa shape index (κ1) is 14.0. The zero-order chi connectivity index (χ0) is 15.0. The van der Waals surface area contributed by atoms with Crippen molar-refractivity contribution in [3.05, 3.63) is 58.1 Å². The van der Waals surface area contributed by atoms with Crippen LogP contribution in [0, 0.1) is 0 Å². The highest BCUT2D eigenvalue weighted by Crippen LogP contribution is 2.34. The van der Waals surface area contributed by atoms with Gasteiger partial charge in [0.2, 0.25) is 0 Å². The Morgan fingerprint density at radius 1 is 1.10 bits per heavy atom. The Kier molecular flexibility index (Phi) is 3.62. The van der Waals surface area contributed by atoms with Crippen molar-refractivity contribution in [1.82, 2.24) is 4.98 Å². The summed E-state index contributed by atoms with van der Waals surface area (Å²) < 4.78 is 0. The number of aliphatic carboxylic acids is 1. The second kappa shape index (κ2) is 5.43. The number of carboxylic acid groups (broad SMARTS) is 1. The molecule has 1 aromatic heterocycles. The number of fused-ring (bicyclic) bond motifs is 1. The summed E-state index contributed by atoms with van der Waals surface area (Å²) in [6, 6.07) is 12.9. The molecule has 0 spiro atoms. The summed E-state index contributed by atoms with van der Waals surface area (Å²) in [5.41, 5.74) is 3.22. The molecule has 3 rings (SSSR count). The highest BCUT2D eigenvalue weighted by Gasteiger charge is 2.16. The van der Waals surface area contributed by atoms with Gasteiger partial charge in [-0.3, -0.25) is 4.79 Å². The van der Waals surface area contributed by atoms with E-state index >= 15 is 0 Å². The van der Waals surface area contributed by atoms with Crippen LogP contribution in [0.4, 0.5) is 0 Å². The number of hydrogen-bond acceptors (Lipinski definition) is 1. The van der Waals surface area contributed by atoms with Crippen LogP contribution in [0.15, 0.2) is 42.5 Å². The van der Waals surface area contributed by atoms with Crippen LogP contribution in [0.3, 0.4) is 0 Å². The summed E-state index contributed by atoms with van der Waals surface area (Å²) in [4.78, 5) is 14.4. The maximum atomic E-state index is 11.2. The van der Waals surface area contributed by atoms with Crippen LogP contribution in [-0.2, 0) is 11.2 Å². The Morgan fingerprint density at radius 3 is 2.57 bits per heavy atom. The Balaban J connectivity index is 2.25. The van der Waals surface area contributed by atoms with Crippen molar-refractivity contribution in [3.63, 3.8) is 0 Å². The first-order chi connectivity index (χ1) is 10.1. The van der Waals surface area contributed by atoms with E-state index in [2.05, 4.69) is 4.98 Å². The molecule has 0 radical (unpaired) electrons. The zero-order valence-corrected chi connectivity index (χ0v) is 12.4. The van der Waals surface area contributed by atoms with Crippen molar-refractivity contribution >= 4 is 40.1 Å². The van der Waals surface area contributed by atoms with Crippen LogP contribution in [0.2, 0.25) is 10.0 Å². The number of benzene rings is 2. The summed E-state index contributed by atoms with van der Waals surface area (Å²) in [6.07, 6.45) is -0.0560. The largest absolute Gasteiger partial charge is 0.481 e. The Labute approximate surface area is 131 Å². The number of carboxylic acids is 1. The van der Waals surface area contributed by atoms with Gasteiger partial charge >= 0.3 is 5.97 Å². The van der Waals surface area contributed by atoms with Crippen LogP contribution in [0.1, 0.15) is 5.56 Å². The molecule has 21 heavy (non-hydrogen) atoms. The van der Waals surface area contributed by atoms with Crippen LogP contribution >= 0.6 is 23.2 Å². The molecule has 2 N–H and O–H groups in total. The standard InChI is InChI=1S/C16H11Cl2NO2/c17-12-6-5-9(7-13(12)18)16-11(8-15(20)21)10-3-1-2-4-14(10)19-16/h1-7,19H,8H2,(H,20,21). The van der Waals surface area contributed by atoms with Crippen molar-refractivity contribution < 1.29 is 9.90 Å². The number of halogens is 2. The molecule has 0 amide bonds. The summed E-state index contributed by atoms with van der Waals surface area (Å²) in [6.45, 7) is 0. The third-order valence-electron chi connectivity index (χ3n) is 3.35. The van der Waals surface area contributed by atoms with E-state index in [1.165, 1.54) is 0 Å². The van der Waals surface area contributed by atoms with E-state index in [0.29, 0.717) is 10.0 Å². The predicted octanol–water partition coefficient (Wildman–Crippen LogP) is 4.77. The normalized spacial score (nSPS) is 11.0. The summed E-state index contributed by atoms with van der Waals surface area (Å²) in [5.74, 6) is -0.874. The summed E-state index contributed by atoms with van der Waals surface area (Å²) >= 11 is 12.0. The van der Waals surface area contributed by atoms with E-state index in [4.69, 9.17) is 28.3 Å². The minimum Gasteiger partial charge on any atom is -0.481 e. The Morgan fingerprint density at radius 2 is 1.86 bits per heavy atom. The molecule has 2 aromatic carbocycles. The Hall–Kier alpha value is -1.97. The minimum atomic E-state index is -0.874. The molecule has 0 aliphatic heterocycles. The lowest BCUT2D eigenvalue weighted by molar-refractivity contribution is -0.136. The quantitative estimate of drug-likeness (QED) is 0.730. The topological polar surface area (TPSA) is 53.1 Å². The van der Waals surface area contributed by atoms with Gasteiger partial charge in [0.1, 0.15) is 0 Å². The average molecular weight is 320 g/mol. The SMILES string of the molecule is O=C(O)Cc1c(-c2ccc(Cl)c(Cl)c2)[nH]c2ccccc12. The lowest BCUT2D eigenvalue weighted by Gasteiger charge is -2.04. The molecule has 0 saturated carbocycles. The lowest BCUT2D eigenvalue weighted by Crippen LogP contribution is -2.00. The van der Waals surface area contributed by atoms with E-state index in [1.54, 1.807) is 12.1 Å². The number of rotatable bonds is 3. The first-order valence-corrected chi connectivity index (χ1v) is 7.08. The van der Waals surface area contributed by atoms with Gasteiger partial charge in [-0.2, -0.15) is 0 Å². The van der Waals surface area contributed by atoms with E-state index in [0.717, 1.165) is 27.7 Å². The molecule has 106 valence electrons. The maximum absolute atomic E-state index is 11.2. The number of H-pyrrole nitrogens is 1. The average Bonchev–Trinajstić information content (AvgIpc) is 2.80. The van der Waals surface area contributed by atoms with Gasteiger partial charge in [-0.25, -0.2) is 0 Å². The molecule has 0 fully saturated rings. The van der Waals surface area contributed by atoms with Crippen molar-refractivity contribution in [1.29, 1.82) is 0 Å². The fourth-order valence-corrected chi connectivity index (χ4v) is 2.73. The lowest BCUT2D eigenvalue weighted by atomic mass is 10.0. The van der Waals surface area contributed by atoms with Crippen LogP contribution in [-0.4, -0.2) is 16.1 Å². The van der Waals surface area contributed by atoms with E-state index in [9.17, 15) is 4.79 Å². The molecule has 5 heteroatoms. The molecule has 3 nitrogen and oxygen atoms in total. The molecular weight excluding hydrogens is 309 g/mol.